The molecule has 30 heavy (non-hydrogen) atoms. The first kappa shape index (κ1) is 22.9. The van der Waals surface area contributed by atoms with Crippen LogP contribution in [-0.4, -0.2) is 74.7 Å². The number of hydrogen-bond acceptors (Lipinski definition) is 4. The molecule has 2 saturated heterocycles. The first-order valence-corrected chi connectivity index (χ1v) is 11.5. The highest BCUT2D eigenvalue weighted by Gasteiger charge is 2.31. The van der Waals surface area contributed by atoms with Gasteiger partial charge in [-0.2, -0.15) is 0 Å². The molecule has 2 N–H and O–H groups in total. The maximum Gasteiger partial charge on any atom is 0.191 e. The van der Waals surface area contributed by atoms with E-state index in [-0.39, 0.29) is 0 Å². The molecule has 2 fully saturated rings. The van der Waals surface area contributed by atoms with Gasteiger partial charge in [-0.15, -0.1) is 0 Å². The molecule has 2 aliphatic rings. The number of aliphatic imine (C=N–C) groups is 1. The minimum atomic E-state index is 0.477. The van der Waals surface area contributed by atoms with Crippen LogP contribution in [0.5, 0.6) is 5.75 Å². The zero-order chi connectivity index (χ0) is 21.5. The highest BCUT2D eigenvalue weighted by molar-refractivity contribution is 5.80. The second-order valence-corrected chi connectivity index (χ2v) is 9.30. The van der Waals surface area contributed by atoms with Crippen LogP contribution in [0.4, 0.5) is 0 Å². The largest absolute Gasteiger partial charge is 0.497 e. The van der Waals surface area contributed by atoms with Gasteiger partial charge < -0.3 is 15.4 Å². The van der Waals surface area contributed by atoms with Gasteiger partial charge in [-0.3, -0.25) is 14.8 Å². The standard InChI is InChI=1S/C24H41N5O/c1-18(2)29-15-19(3)23(17-29)27-24(25-4)26-14-20-10-12-28(13-11-20)16-21-6-8-22(30-5)9-7-21/h6-9,18-20,23H,10-17H2,1-5H3,(H2,25,26,27). The quantitative estimate of drug-likeness (QED) is 0.530. The summed E-state index contributed by atoms with van der Waals surface area (Å²) in [5.41, 5.74) is 1.36. The summed E-state index contributed by atoms with van der Waals surface area (Å²) in [4.78, 5) is 9.59. The van der Waals surface area contributed by atoms with Gasteiger partial charge in [0.1, 0.15) is 5.75 Å². The maximum atomic E-state index is 5.25. The maximum absolute atomic E-state index is 5.25. The second-order valence-electron chi connectivity index (χ2n) is 9.30. The first-order chi connectivity index (χ1) is 14.5. The Labute approximate surface area is 183 Å². The van der Waals surface area contributed by atoms with E-state index in [1.165, 1.54) is 24.9 Å². The zero-order valence-electron chi connectivity index (χ0n) is 19.5. The molecule has 3 rings (SSSR count). The van der Waals surface area contributed by atoms with Gasteiger partial charge in [-0.05, 0) is 69.3 Å². The number of nitrogens with zero attached hydrogens (tertiary/aromatic N) is 3. The zero-order valence-corrected chi connectivity index (χ0v) is 19.5. The molecule has 6 nitrogen and oxygen atoms in total. The van der Waals surface area contributed by atoms with Crippen LogP contribution in [-0.2, 0) is 6.54 Å². The molecule has 2 aliphatic heterocycles. The van der Waals surface area contributed by atoms with Gasteiger partial charge in [-0.1, -0.05) is 19.1 Å². The molecule has 168 valence electrons. The molecule has 2 heterocycles. The highest BCUT2D eigenvalue weighted by Crippen LogP contribution is 2.20. The van der Waals surface area contributed by atoms with Gasteiger partial charge in [0.25, 0.3) is 0 Å². The molecule has 0 aliphatic carbocycles. The summed E-state index contributed by atoms with van der Waals surface area (Å²) in [5, 5.41) is 7.26. The number of nitrogens with one attached hydrogen (secondary N) is 2. The van der Waals surface area contributed by atoms with Crippen molar-refractivity contribution >= 4 is 5.96 Å². The summed E-state index contributed by atoms with van der Waals surface area (Å²) in [6.45, 7) is 13.5. The van der Waals surface area contributed by atoms with E-state index >= 15 is 0 Å². The Morgan fingerprint density at radius 3 is 2.43 bits per heavy atom. The van der Waals surface area contributed by atoms with Crippen molar-refractivity contribution in [2.24, 2.45) is 16.8 Å². The fraction of sp³-hybridized carbons (Fsp3) is 0.708. The van der Waals surface area contributed by atoms with Crippen molar-refractivity contribution in [3.8, 4) is 5.75 Å². The van der Waals surface area contributed by atoms with Gasteiger partial charge in [0, 0.05) is 45.3 Å². The molecule has 0 saturated carbocycles. The lowest BCUT2D eigenvalue weighted by Gasteiger charge is -2.32. The molecule has 6 heteroatoms. The lowest BCUT2D eigenvalue weighted by Crippen LogP contribution is -2.48. The Bertz CT molecular complexity index is 667. The molecule has 0 spiro atoms. The van der Waals surface area contributed by atoms with Crippen LogP contribution in [0.3, 0.4) is 0 Å². The van der Waals surface area contributed by atoms with Crippen LogP contribution in [0.2, 0.25) is 0 Å². The number of methoxy groups -OCH3 is 1. The van der Waals surface area contributed by atoms with E-state index in [4.69, 9.17) is 4.74 Å². The molecule has 2 atom stereocenters. The number of ether oxygens (including phenoxy) is 1. The Kier molecular flexibility index (Phi) is 8.40. The number of rotatable bonds is 7. The van der Waals surface area contributed by atoms with Gasteiger partial charge in [-0.25, -0.2) is 0 Å². The van der Waals surface area contributed by atoms with E-state index < -0.39 is 0 Å². The number of hydrogen-bond donors (Lipinski definition) is 2. The molecule has 1 aromatic rings. The van der Waals surface area contributed by atoms with Gasteiger partial charge in [0.05, 0.1) is 7.11 Å². The molecule has 1 aromatic carbocycles. The van der Waals surface area contributed by atoms with Gasteiger partial charge in [0.2, 0.25) is 0 Å². The van der Waals surface area contributed by atoms with Crippen molar-refractivity contribution in [2.45, 2.75) is 52.2 Å². The average Bonchev–Trinajstić information content (AvgIpc) is 3.13. The predicted molar refractivity (Wildman–Crippen MR) is 125 cm³/mol. The van der Waals surface area contributed by atoms with Gasteiger partial charge >= 0.3 is 0 Å². The van der Waals surface area contributed by atoms with E-state index in [9.17, 15) is 0 Å². The van der Waals surface area contributed by atoms with Crippen molar-refractivity contribution in [1.29, 1.82) is 0 Å². The highest BCUT2D eigenvalue weighted by atomic mass is 16.5. The number of benzene rings is 1. The minimum Gasteiger partial charge on any atom is -0.497 e. The molecule has 0 amide bonds. The molecule has 0 radical (unpaired) electrons. The first-order valence-electron chi connectivity index (χ1n) is 11.5. The third-order valence-corrected chi connectivity index (χ3v) is 6.75. The summed E-state index contributed by atoms with van der Waals surface area (Å²) in [6, 6.07) is 9.54. The normalized spacial score (nSPS) is 24.4. The monoisotopic (exact) mass is 415 g/mol. The molecular weight excluding hydrogens is 374 g/mol. The minimum absolute atomic E-state index is 0.477. The molecule has 0 bridgehead atoms. The third-order valence-electron chi connectivity index (χ3n) is 6.75. The van der Waals surface area contributed by atoms with Crippen LogP contribution in [0, 0.1) is 11.8 Å². The lowest BCUT2D eigenvalue weighted by molar-refractivity contribution is 0.178. The van der Waals surface area contributed by atoms with Gasteiger partial charge in [0.15, 0.2) is 5.96 Å². The molecule has 0 aromatic heterocycles. The topological polar surface area (TPSA) is 52.1 Å². The summed E-state index contributed by atoms with van der Waals surface area (Å²) >= 11 is 0. The van der Waals surface area contributed by atoms with Crippen LogP contribution in [0.25, 0.3) is 0 Å². The smallest absolute Gasteiger partial charge is 0.191 e. The van der Waals surface area contributed by atoms with Crippen LogP contribution >= 0.6 is 0 Å². The summed E-state index contributed by atoms with van der Waals surface area (Å²) < 4.78 is 5.25. The number of guanidine groups is 1. The SMILES string of the molecule is CN=C(NCC1CCN(Cc2ccc(OC)cc2)CC1)NC1CN(C(C)C)CC1C. The van der Waals surface area contributed by atoms with E-state index in [0.717, 1.165) is 44.4 Å². The van der Waals surface area contributed by atoms with E-state index in [2.05, 4.69) is 70.5 Å². The van der Waals surface area contributed by atoms with Crippen LogP contribution in [0.15, 0.2) is 29.3 Å². The van der Waals surface area contributed by atoms with Crippen molar-refractivity contribution in [2.75, 3.05) is 46.9 Å². The van der Waals surface area contributed by atoms with Crippen molar-refractivity contribution < 1.29 is 4.74 Å². The predicted octanol–water partition coefficient (Wildman–Crippen LogP) is 2.80. The number of piperidine rings is 1. The van der Waals surface area contributed by atoms with Crippen LogP contribution < -0.4 is 15.4 Å². The van der Waals surface area contributed by atoms with Crippen molar-refractivity contribution in [1.82, 2.24) is 20.4 Å². The van der Waals surface area contributed by atoms with Crippen LogP contribution in [0.1, 0.15) is 39.2 Å². The Hall–Kier alpha value is -1.79. The van der Waals surface area contributed by atoms with Crippen molar-refractivity contribution in [3.05, 3.63) is 29.8 Å². The Morgan fingerprint density at radius 1 is 1.17 bits per heavy atom. The molecule has 2 unspecified atom stereocenters. The average molecular weight is 416 g/mol. The molecular formula is C24H41N5O. The fourth-order valence-corrected chi connectivity index (χ4v) is 4.56. The summed E-state index contributed by atoms with van der Waals surface area (Å²) in [7, 11) is 3.60. The fourth-order valence-electron chi connectivity index (χ4n) is 4.56. The Balaban J connectivity index is 1.38. The van der Waals surface area contributed by atoms with E-state index in [1.807, 2.05) is 7.05 Å². The van der Waals surface area contributed by atoms with Crippen molar-refractivity contribution in [3.63, 3.8) is 0 Å². The Morgan fingerprint density at radius 2 is 1.87 bits per heavy atom. The number of likely N-dealkylation sites (tertiary alicyclic amines) is 2. The summed E-state index contributed by atoms with van der Waals surface area (Å²) in [5.74, 6) is 3.24. The second kappa shape index (κ2) is 11.0. The lowest BCUT2D eigenvalue weighted by atomic mass is 9.96. The van der Waals surface area contributed by atoms with E-state index in [0.29, 0.717) is 23.9 Å². The summed E-state index contributed by atoms with van der Waals surface area (Å²) in [6.07, 6.45) is 2.47. The third kappa shape index (κ3) is 6.35. The van der Waals surface area contributed by atoms with E-state index in [1.54, 1.807) is 7.11 Å².